The van der Waals surface area contributed by atoms with Crippen molar-refractivity contribution in [1.82, 2.24) is 10.2 Å². The van der Waals surface area contributed by atoms with Gasteiger partial charge in [0.15, 0.2) is 5.96 Å². The number of carbonyl (C=O) groups excluding carboxylic acids is 1. The first-order valence-electron chi connectivity index (χ1n) is 7.72. The van der Waals surface area contributed by atoms with Gasteiger partial charge in [0, 0.05) is 25.7 Å². The number of guanidine groups is 1. The summed E-state index contributed by atoms with van der Waals surface area (Å²) in [6.07, 6.45) is 1.86. The van der Waals surface area contributed by atoms with Gasteiger partial charge in [-0.25, -0.2) is 4.79 Å². The Hall–Kier alpha value is -0.730. The number of hydrogen-bond acceptors (Lipinski definition) is 3. The van der Waals surface area contributed by atoms with Crippen LogP contribution in [0.4, 0.5) is 4.79 Å². The quantitative estimate of drug-likeness (QED) is 0.389. The molecule has 1 aliphatic carbocycles. The van der Waals surface area contributed by atoms with Gasteiger partial charge in [-0.1, -0.05) is 13.8 Å². The smallest absolute Gasteiger partial charge is 0.410 e. The lowest BCUT2D eigenvalue weighted by Crippen LogP contribution is -2.44. The highest BCUT2D eigenvalue weighted by atomic mass is 127. The fraction of sp³-hybridized carbons (Fsp3) is 0.867. The van der Waals surface area contributed by atoms with E-state index in [-0.39, 0.29) is 30.1 Å². The van der Waals surface area contributed by atoms with Crippen molar-refractivity contribution in [3.8, 4) is 0 Å². The third-order valence-electron chi connectivity index (χ3n) is 2.90. The van der Waals surface area contributed by atoms with Crippen LogP contribution in [0.1, 0.15) is 47.5 Å². The van der Waals surface area contributed by atoms with E-state index in [9.17, 15) is 4.79 Å². The van der Waals surface area contributed by atoms with Crippen LogP contribution in [0.2, 0.25) is 0 Å². The molecule has 1 saturated carbocycles. The highest BCUT2D eigenvalue weighted by Gasteiger charge is 2.34. The number of nitrogens with one attached hydrogen (secondary N) is 1. The van der Waals surface area contributed by atoms with Crippen LogP contribution in [0.25, 0.3) is 0 Å². The van der Waals surface area contributed by atoms with E-state index in [2.05, 4.69) is 24.2 Å². The second-order valence-electron chi connectivity index (χ2n) is 6.95. The van der Waals surface area contributed by atoms with Crippen molar-refractivity contribution in [2.24, 2.45) is 16.6 Å². The number of nitrogens with two attached hydrogens (primary N) is 1. The highest BCUT2D eigenvalue weighted by Crippen LogP contribution is 2.27. The minimum absolute atomic E-state index is 0. The summed E-state index contributed by atoms with van der Waals surface area (Å²) < 4.78 is 5.44. The van der Waals surface area contributed by atoms with E-state index in [1.165, 1.54) is 0 Å². The predicted octanol–water partition coefficient (Wildman–Crippen LogP) is 2.56. The average molecular weight is 426 g/mol. The number of aliphatic imine (C=N–C) groups is 1. The fourth-order valence-electron chi connectivity index (χ4n) is 1.77. The molecule has 0 heterocycles. The van der Waals surface area contributed by atoms with Gasteiger partial charge in [-0.2, -0.15) is 0 Å². The largest absolute Gasteiger partial charge is 0.444 e. The molecule has 6 nitrogen and oxygen atoms in total. The maximum Gasteiger partial charge on any atom is 0.410 e. The molecular weight excluding hydrogens is 395 g/mol. The SMILES string of the molecule is CC(C)CN=C(N)NCCN(C(=O)OC(C)(C)C)C1CC1.I. The Morgan fingerprint density at radius 3 is 2.45 bits per heavy atom. The molecule has 1 aliphatic rings. The standard InChI is InChI=1S/C15H30N4O2.HI/c1-11(2)10-18-13(16)17-8-9-19(12-6-7-12)14(20)21-15(3,4)5;/h11-12H,6-10H2,1-5H3,(H3,16,17,18);1H. The van der Waals surface area contributed by atoms with E-state index in [0.717, 1.165) is 12.8 Å². The molecule has 0 spiro atoms. The van der Waals surface area contributed by atoms with Gasteiger partial charge in [-0.3, -0.25) is 4.99 Å². The number of nitrogens with zero attached hydrogens (tertiary/aromatic N) is 2. The Balaban J connectivity index is 0.00000441. The predicted molar refractivity (Wildman–Crippen MR) is 101 cm³/mol. The van der Waals surface area contributed by atoms with Crippen LogP contribution in [-0.4, -0.2) is 48.2 Å². The summed E-state index contributed by atoms with van der Waals surface area (Å²) in [4.78, 5) is 18.2. The topological polar surface area (TPSA) is 80.0 Å². The molecule has 1 amide bonds. The van der Waals surface area contributed by atoms with Gasteiger partial charge < -0.3 is 20.7 Å². The van der Waals surface area contributed by atoms with Crippen LogP contribution in [0.5, 0.6) is 0 Å². The molecule has 0 aromatic rings. The molecule has 3 N–H and O–H groups in total. The summed E-state index contributed by atoms with van der Waals surface area (Å²) in [7, 11) is 0. The van der Waals surface area contributed by atoms with E-state index >= 15 is 0 Å². The zero-order chi connectivity index (χ0) is 16.0. The number of carbonyl (C=O) groups is 1. The third-order valence-corrected chi connectivity index (χ3v) is 2.90. The van der Waals surface area contributed by atoms with Crippen molar-refractivity contribution in [2.75, 3.05) is 19.6 Å². The van der Waals surface area contributed by atoms with Crippen LogP contribution in [0.3, 0.4) is 0 Å². The molecule has 0 aliphatic heterocycles. The number of rotatable bonds is 6. The summed E-state index contributed by atoms with van der Waals surface area (Å²) in [6.45, 7) is 11.7. The van der Waals surface area contributed by atoms with E-state index < -0.39 is 5.60 Å². The second-order valence-corrected chi connectivity index (χ2v) is 6.95. The van der Waals surface area contributed by atoms with Crippen molar-refractivity contribution < 1.29 is 9.53 Å². The summed E-state index contributed by atoms with van der Waals surface area (Å²) in [6, 6.07) is 0.315. The monoisotopic (exact) mass is 426 g/mol. The molecule has 1 fully saturated rings. The third kappa shape index (κ3) is 9.32. The zero-order valence-corrected chi connectivity index (χ0v) is 16.7. The number of amides is 1. The van der Waals surface area contributed by atoms with E-state index in [0.29, 0.717) is 37.6 Å². The van der Waals surface area contributed by atoms with Crippen molar-refractivity contribution in [3.05, 3.63) is 0 Å². The van der Waals surface area contributed by atoms with E-state index in [1.807, 2.05) is 20.8 Å². The lowest BCUT2D eigenvalue weighted by Gasteiger charge is -2.27. The summed E-state index contributed by atoms with van der Waals surface area (Å²) >= 11 is 0. The summed E-state index contributed by atoms with van der Waals surface area (Å²) in [5, 5.41) is 3.05. The lowest BCUT2D eigenvalue weighted by molar-refractivity contribution is 0.0238. The molecule has 0 unspecified atom stereocenters. The van der Waals surface area contributed by atoms with Crippen molar-refractivity contribution in [3.63, 3.8) is 0 Å². The maximum absolute atomic E-state index is 12.1. The van der Waals surface area contributed by atoms with Crippen molar-refractivity contribution in [2.45, 2.75) is 59.1 Å². The van der Waals surface area contributed by atoms with E-state index in [4.69, 9.17) is 10.5 Å². The fourth-order valence-corrected chi connectivity index (χ4v) is 1.77. The lowest BCUT2D eigenvalue weighted by atomic mass is 10.2. The van der Waals surface area contributed by atoms with Gasteiger partial charge in [0.25, 0.3) is 0 Å². The Bertz CT molecular complexity index is 376. The molecule has 1 rings (SSSR count). The maximum atomic E-state index is 12.1. The van der Waals surface area contributed by atoms with Gasteiger partial charge in [-0.15, -0.1) is 24.0 Å². The van der Waals surface area contributed by atoms with Crippen LogP contribution < -0.4 is 11.1 Å². The first-order chi connectivity index (χ1) is 9.69. The minimum atomic E-state index is -0.463. The number of ether oxygens (including phenoxy) is 1. The Kier molecular flexibility index (Phi) is 9.11. The summed E-state index contributed by atoms with van der Waals surface area (Å²) in [5.74, 6) is 0.915. The molecule has 0 aromatic heterocycles. The Morgan fingerprint density at radius 1 is 1.41 bits per heavy atom. The van der Waals surface area contributed by atoms with Gasteiger partial charge >= 0.3 is 6.09 Å². The molecule has 130 valence electrons. The number of hydrogen-bond donors (Lipinski definition) is 2. The Labute approximate surface area is 151 Å². The van der Waals surface area contributed by atoms with Gasteiger partial charge in [0.2, 0.25) is 0 Å². The molecular formula is C15H31IN4O2. The average Bonchev–Trinajstić information content (AvgIpc) is 3.13. The first-order valence-corrected chi connectivity index (χ1v) is 7.72. The van der Waals surface area contributed by atoms with Crippen LogP contribution in [0, 0.1) is 5.92 Å². The molecule has 0 saturated heterocycles. The van der Waals surface area contributed by atoms with Crippen molar-refractivity contribution in [1.29, 1.82) is 0 Å². The van der Waals surface area contributed by atoms with Gasteiger partial charge in [0.1, 0.15) is 5.60 Å². The first kappa shape index (κ1) is 21.3. The molecule has 0 bridgehead atoms. The molecule has 0 aromatic carbocycles. The second kappa shape index (κ2) is 9.42. The molecule has 0 atom stereocenters. The van der Waals surface area contributed by atoms with Crippen LogP contribution >= 0.6 is 24.0 Å². The van der Waals surface area contributed by atoms with Crippen molar-refractivity contribution >= 4 is 36.0 Å². The summed E-state index contributed by atoms with van der Waals surface area (Å²) in [5.41, 5.74) is 5.32. The highest BCUT2D eigenvalue weighted by molar-refractivity contribution is 14.0. The molecule has 22 heavy (non-hydrogen) atoms. The zero-order valence-electron chi connectivity index (χ0n) is 14.4. The van der Waals surface area contributed by atoms with E-state index in [1.54, 1.807) is 4.90 Å². The van der Waals surface area contributed by atoms with Crippen LogP contribution in [-0.2, 0) is 4.74 Å². The van der Waals surface area contributed by atoms with Crippen LogP contribution in [0.15, 0.2) is 4.99 Å². The normalized spacial score (nSPS) is 15.3. The molecule has 0 radical (unpaired) electrons. The van der Waals surface area contributed by atoms with Gasteiger partial charge in [-0.05, 0) is 39.5 Å². The minimum Gasteiger partial charge on any atom is -0.444 e. The molecule has 7 heteroatoms. The Morgan fingerprint density at radius 2 is 2.00 bits per heavy atom. The number of halogens is 1. The van der Waals surface area contributed by atoms with Gasteiger partial charge in [0.05, 0.1) is 0 Å².